The van der Waals surface area contributed by atoms with E-state index in [2.05, 4.69) is 111 Å². The van der Waals surface area contributed by atoms with Gasteiger partial charge in [0.25, 0.3) is 10.1 Å². The zero-order valence-electron chi connectivity index (χ0n) is 35.1. The third-order valence-corrected chi connectivity index (χ3v) is 9.97. The summed E-state index contributed by atoms with van der Waals surface area (Å²) in [6, 6.07) is 7.95. The lowest BCUT2D eigenvalue weighted by Gasteiger charge is -2.18. The molecule has 1 aliphatic heterocycles. The maximum atomic E-state index is 10.6. The van der Waals surface area contributed by atoms with Gasteiger partial charge in [0.05, 0.1) is 42.5 Å². The van der Waals surface area contributed by atoms with Gasteiger partial charge >= 0.3 is 0 Å². The lowest BCUT2D eigenvalue weighted by molar-refractivity contribution is -0.117. The van der Waals surface area contributed by atoms with Gasteiger partial charge in [0.15, 0.2) is 0 Å². The van der Waals surface area contributed by atoms with E-state index >= 15 is 0 Å². The molecule has 0 saturated carbocycles. The number of ether oxygens (including phenoxy) is 3. The lowest BCUT2D eigenvalue weighted by Crippen LogP contribution is -2.39. The quantitative estimate of drug-likeness (QED) is 0.0553. The van der Waals surface area contributed by atoms with Crippen molar-refractivity contribution in [3.8, 4) is 23.8 Å². The van der Waals surface area contributed by atoms with E-state index in [9.17, 15) is 23.4 Å². The van der Waals surface area contributed by atoms with Gasteiger partial charge in [0, 0.05) is 24.2 Å². The fraction of sp³-hybridized carbons (Fsp3) is 0.585. The van der Waals surface area contributed by atoms with Gasteiger partial charge in [0.1, 0.15) is 37.4 Å². The molecular weight excluding hydrogens is 1020 g/mol. The second kappa shape index (κ2) is 26.0. The van der Waals surface area contributed by atoms with Crippen LogP contribution in [0.4, 0.5) is 0 Å². The number of hydrogen-bond donors (Lipinski definition) is 3. The first-order valence-electron chi connectivity index (χ1n) is 18.2. The van der Waals surface area contributed by atoms with Crippen LogP contribution in [0.5, 0.6) is 11.5 Å². The summed E-state index contributed by atoms with van der Waals surface area (Å²) in [5.74, 6) is 3.50. The molecule has 2 aromatic rings. The number of nitrogens with one attached hydrogen (secondary N) is 1. The van der Waals surface area contributed by atoms with Gasteiger partial charge in [-0.15, -0.1) is 6.42 Å². The van der Waals surface area contributed by atoms with Gasteiger partial charge in [-0.05, 0) is 180 Å². The fourth-order valence-electron chi connectivity index (χ4n) is 4.31. The number of aliphatic hydroxyl groups excluding tert-OH is 2. The Balaban J connectivity index is 0.00000100. The standard InChI is InChI=1S/C23H24Br4O5.C7H13NO.C6H13N.C5H12O3S/c1-3-5-30-11-17(29)13-32-23-20(26)9-15(10-21(23)27)6-14-7-18(24)22(19(25)8-14)31-12-16(28)4-2;1-5-6(9)8-7(2,3)4;1-6(2,3)7-4-5-7;1-5(2,3)8-9(4,6)7/h1,7-10,16-17,28-29H,4-6,11-13H2,2H3;5H,1H2,2-4H3,(H,8,9);4-5H2,1-3H3;1-4H3. The molecule has 1 aliphatic rings. The van der Waals surface area contributed by atoms with Crippen molar-refractivity contribution >= 4 is 79.7 Å². The number of carbonyl (C=O) groups excluding carboxylic acids is 1. The van der Waals surface area contributed by atoms with Crippen molar-refractivity contribution in [3.05, 3.63) is 65.9 Å². The summed E-state index contributed by atoms with van der Waals surface area (Å²) in [6.45, 7) is 26.0. The van der Waals surface area contributed by atoms with E-state index in [0.29, 0.717) is 29.9 Å². The van der Waals surface area contributed by atoms with Crippen LogP contribution in [0, 0.1) is 12.3 Å². The first-order chi connectivity index (χ1) is 26.0. The summed E-state index contributed by atoms with van der Waals surface area (Å²) >= 11 is 14.2. The van der Waals surface area contributed by atoms with Crippen LogP contribution in [0.3, 0.4) is 0 Å². The molecule has 0 spiro atoms. The Labute approximate surface area is 375 Å². The van der Waals surface area contributed by atoms with Crippen molar-refractivity contribution in [3.63, 3.8) is 0 Å². The van der Waals surface area contributed by atoms with Crippen LogP contribution >= 0.6 is 63.7 Å². The van der Waals surface area contributed by atoms with Gasteiger partial charge in [-0.1, -0.05) is 19.4 Å². The second-order valence-corrected chi connectivity index (χ2v) is 21.0. The minimum Gasteiger partial charge on any atom is -0.489 e. The number of benzene rings is 2. The molecule has 1 amide bonds. The second-order valence-electron chi connectivity index (χ2n) is 16.0. The number of amides is 1. The molecule has 16 heteroatoms. The highest BCUT2D eigenvalue weighted by atomic mass is 79.9. The minimum atomic E-state index is -3.28. The molecule has 3 N–H and O–H groups in total. The Bertz CT molecular complexity index is 1660. The average molecular weight is 1080 g/mol. The van der Waals surface area contributed by atoms with Crippen LogP contribution in [0.15, 0.2) is 54.8 Å². The largest absolute Gasteiger partial charge is 0.489 e. The van der Waals surface area contributed by atoms with E-state index < -0.39 is 27.9 Å². The Morgan fingerprint density at radius 3 is 1.54 bits per heavy atom. The summed E-state index contributed by atoms with van der Waals surface area (Å²) in [4.78, 5) is 13.0. The molecule has 2 atom stereocenters. The SMILES string of the molecule is C#CCOCC(O)COc1c(Br)cc(Cc2cc(Br)c(OCC(O)CC)c(Br)c2)cc1Br.C=CC(=O)NC(C)(C)C.CC(C)(C)N1CC1.CC(C)(C)OS(C)(=O)=O. The van der Waals surface area contributed by atoms with Crippen molar-refractivity contribution in [2.75, 3.05) is 45.8 Å². The summed E-state index contributed by atoms with van der Waals surface area (Å²) < 4.78 is 45.2. The third-order valence-electron chi connectivity index (χ3n) is 6.81. The average Bonchev–Trinajstić information content (AvgIpc) is 3.89. The smallest absolute Gasteiger partial charge is 0.264 e. The molecule has 1 saturated heterocycles. The molecule has 0 aliphatic carbocycles. The highest BCUT2D eigenvalue weighted by molar-refractivity contribution is 9.11. The number of terminal acetylenes is 1. The van der Waals surface area contributed by atoms with Crippen LogP contribution in [-0.2, 0) is 30.3 Å². The Morgan fingerprint density at radius 2 is 1.30 bits per heavy atom. The maximum Gasteiger partial charge on any atom is 0.264 e. The van der Waals surface area contributed by atoms with Crippen molar-refractivity contribution in [1.82, 2.24) is 10.2 Å². The van der Waals surface area contributed by atoms with Crippen LogP contribution in [0.1, 0.15) is 86.8 Å². The number of rotatable bonds is 14. The lowest BCUT2D eigenvalue weighted by atomic mass is 10.0. The molecule has 11 nitrogen and oxygen atoms in total. The zero-order valence-corrected chi connectivity index (χ0v) is 42.3. The first kappa shape index (κ1) is 55.5. The van der Waals surface area contributed by atoms with E-state index in [4.69, 9.17) is 20.6 Å². The third kappa shape index (κ3) is 27.8. The first-order valence-corrected chi connectivity index (χ1v) is 23.2. The molecular formula is C41H62Br4N2O9S. The molecule has 3 rings (SSSR count). The molecule has 2 aromatic carbocycles. The number of nitrogens with zero attached hydrogens (tertiary/aromatic N) is 1. The van der Waals surface area contributed by atoms with Crippen molar-refractivity contribution in [2.45, 2.75) is 111 Å². The van der Waals surface area contributed by atoms with Crippen LogP contribution < -0.4 is 14.8 Å². The van der Waals surface area contributed by atoms with Crippen LogP contribution in [0.25, 0.3) is 0 Å². The van der Waals surface area contributed by atoms with Crippen molar-refractivity contribution in [1.29, 1.82) is 0 Å². The molecule has 0 radical (unpaired) electrons. The predicted octanol–water partition coefficient (Wildman–Crippen LogP) is 8.82. The molecule has 1 heterocycles. The minimum absolute atomic E-state index is 0.0786. The van der Waals surface area contributed by atoms with Gasteiger partial charge in [-0.2, -0.15) is 8.42 Å². The number of halogens is 4. The normalized spacial score (nSPS) is 13.8. The summed E-state index contributed by atoms with van der Waals surface area (Å²) in [7, 11) is -3.28. The van der Waals surface area contributed by atoms with E-state index in [1.54, 1.807) is 20.8 Å². The van der Waals surface area contributed by atoms with Crippen molar-refractivity contribution in [2.24, 2.45) is 0 Å². The predicted molar refractivity (Wildman–Crippen MR) is 245 cm³/mol. The highest BCUT2D eigenvalue weighted by Gasteiger charge is 2.29. The topological polar surface area (TPSA) is 144 Å². The summed E-state index contributed by atoms with van der Waals surface area (Å²) in [5.41, 5.74) is 1.82. The molecule has 57 heavy (non-hydrogen) atoms. The fourth-order valence-corrected chi connectivity index (χ4v) is 8.24. The number of hydrogen-bond acceptors (Lipinski definition) is 10. The van der Waals surface area contributed by atoms with Crippen LogP contribution in [0.2, 0.25) is 0 Å². The highest BCUT2D eigenvalue weighted by Crippen LogP contribution is 2.38. The molecule has 2 unspecified atom stereocenters. The Hall–Kier alpha value is -1.52. The summed E-state index contributed by atoms with van der Waals surface area (Å²) in [5, 5.41) is 22.4. The van der Waals surface area contributed by atoms with E-state index in [-0.39, 0.29) is 37.9 Å². The van der Waals surface area contributed by atoms with E-state index in [0.717, 1.165) is 35.3 Å². The molecule has 1 fully saturated rings. The maximum absolute atomic E-state index is 10.6. The number of carbonyl (C=O) groups is 1. The van der Waals surface area contributed by atoms with E-state index in [1.165, 1.54) is 19.2 Å². The molecule has 324 valence electrons. The van der Waals surface area contributed by atoms with Crippen molar-refractivity contribution < 1.29 is 41.8 Å². The van der Waals surface area contributed by atoms with Gasteiger partial charge < -0.3 is 29.7 Å². The molecule has 0 bridgehead atoms. The van der Waals surface area contributed by atoms with Gasteiger partial charge in [-0.3, -0.25) is 13.9 Å². The molecule has 0 aromatic heterocycles. The van der Waals surface area contributed by atoms with Crippen LogP contribution in [-0.4, -0.2) is 104 Å². The Morgan fingerprint density at radius 1 is 0.877 bits per heavy atom. The monoisotopic (exact) mass is 1070 g/mol. The van der Waals surface area contributed by atoms with E-state index in [1.807, 2.05) is 52.0 Å². The number of aliphatic hydroxyl groups is 2. The summed E-state index contributed by atoms with van der Waals surface area (Å²) in [6.07, 6.45) is 7.46. The van der Waals surface area contributed by atoms with Gasteiger partial charge in [-0.25, -0.2) is 0 Å². The zero-order chi connectivity index (χ0) is 44.4. The van der Waals surface area contributed by atoms with Gasteiger partial charge in [0.2, 0.25) is 5.91 Å². The Kier molecular flexibility index (Phi) is 25.3.